The van der Waals surface area contributed by atoms with E-state index in [1.807, 2.05) is 0 Å². The Labute approximate surface area is 91.4 Å². The molecule has 0 amide bonds. The van der Waals surface area contributed by atoms with E-state index in [0.29, 0.717) is 6.61 Å². The van der Waals surface area contributed by atoms with E-state index in [0.717, 1.165) is 25.8 Å². The lowest BCUT2D eigenvalue weighted by Crippen LogP contribution is -2.36. The minimum Gasteiger partial charge on any atom is -0.376 e. The first kappa shape index (κ1) is 14.8. The second-order valence-corrected chi connectivity index (χ2v) is 4.70. The highest BCUT2D eigenvalue weighted by Gasteiger charge is 2.06. The molecule has 0 aromatic rings. The molecule has 0 heterocycles. The number of hydrogen-bond acceptors (Lipinski definition) is 2. The van der Waals surface area contributed by atoms with Gasteiger partial charge in [-0.05, 0) is 46.6 Å². The zero-order valence-electron chi connectivity index (χ0n) is 9.98. The van der Waals surface area contributed by atoms with Gasteiger partial charge in [-0.2, -0.15) is 0 Å². The molecule has 0 saturated heterocycles. The van der Waals surface area contributed by atoms with E-state index < -0.39 is 13.0 Å². The van der Waals surface area contributed by atoms with Gasteiger partial charge in [0.05, 0.1) is 0 Å². The van der Waals surface area contributed by atoms with Gasteiger partial charge in [0.1, 0.15) is 6.61 Å². The number of hydrogen-bond donors (Lipinski definition) is 1. The summed E-state index contributed by atoms with van der Waals surface area (Å²) < 4.78 is 28.1. The van der Waals surface area contributed by atoms with Gasteiger partial charge in [-0.1, -0.05) is 0 Å². The Morgan fingerprint density at radius 1 is 1.13 bits per heavy atom. The van der Waals surface area contributed by atoms with Crippen molar-refractivity contribution in [1.29, 1.82) is 0 Å². The van der Waals surface area contributed by atoms with Gasteiger partial charge in [0.25, 0.3) is 6.43 Å². The molecule has 4 heteroatoms. The van der Waals surface area contributed by atoms with Crippen molar-refractivity contribution in [1.82, 2.24) is 5.32 Å². The first-order chi connectivity index (χ1) is 6.92. The molecule has 0 rings (SSSR count). The Morgan fingerprint density at radius 3 is 2.33 bits per heavy atom. The predicted molar refractivity (Wildman–Crippen MR) is 58.4 cm³/mol. The minimum absolute atomic E-state index is 0.159. The zero-order valence-corrected chi connectivity index (χ0v) is 9.98. The van der Waals surface area contributed by atoms with E-state index >= 15 is 0 Å². The Kier molecular flexibility index (Phi) is 7.88. The SMILES string of the molecule is CC(C)(C)NCCCCCOCC(F)F. The van der Waals surface area contributed by atoms with Crippen LogP contribution in [0.4, 0.5) is 8.78 Å². The van der Waals surface area contributed by atoms with Crippen molar-refractivity contribution >= 4 is 0 Å². The highest BCUT2D eigenvalue weighted by Crippen LogP contribution is 2.01. The van der Waals surface area contributed by atoms with Crippen molar-refractivity contribution in [3.05, 3.63) is 0 Å². The highest BCUT2D eigenvalue weighted by molar-refractivity contribution is 4.69. The molecule has 1 N–H and O–H groups in total. The van der Waals surface area contributed by atoms with Crippen LogP contribution in [0.2, 0.25) is 0 Å². The fourth-order valence-corrected chi connectivity index (χ4v) is 1.14. The summed E-state index contributed by atoms with van der Waals surface area (Å²) >= 11 is 0. The molecule has 0 fully saturated rings. The molecule has 92 valence electrons. The molecule has 0 atom stereocenters. The number of rotatable bonds is 8. The Hall–Kier alpha value is -0.220. The van der Waals surface area contributed by atoms with Crippen LogP contribution in [-0.4, -0.2) is 31.7 Å². The molecule has 0 aliphatic carbocycles. The summed E-state index contributed by atoms with van der Waals surface area (Å²) in [6.45, 7) is 7.36. The minimum atomic E-state index is -2.34. The molecule has 0 spiro atoms. The summed E-state index contributed by atoms with van der Waals surface area (Å²) in [6.07, 6.45) is 0.604. The van der Waals surface area contributed by atoms with E-state index in [-0.39, 0.29) is 5.54 Å². The van der Waals surface area contributed by atoms with Gasteiger partial charge in [-0.25, -0.2) is 8.78 Å². The molecule has 0 radical (unpaired) electrons. The first-order valence-corrected chi connectivity index (χ1v) is 5.53. The first-order valence-electron chi connectivity index (χ1n) is 5.53. The monoisotopic (exact) mass is 223 g/mol. The van der Waals surface area contributed by atoms with E-state index in [4.69, 9.17) is 4.74 Å². The van der Waals surface area contributed by atoms with Crippen molar-refractivity contribution in [2.75, 3.05) is 19.8 Å². The van der Waals surface area contributed by atoms with Gasteiger partial charge in [-0.15, -0.1) is 0 Å². The second kappa shape index (κ2) is 7.99. The van der Waals surface area contributed by atoms with Gasteiger partial charge in [0.15, 0.2) is 0 Å². The van der Waals surface area contributed by atoms with Gasteiger partial charge in [0, 0.05) is 12.1 Å². The Morgan fingerprint density at radius 2 is 1.80 bits per heavy atom. The topological polar surface area (TPSA) is 21.3 Å². The predicted octanol–water partition coefficient (Wildman–Crippen LogP) is 2.83. The summed E-state index contributed by atoms with van der Waals surface area (Å²) in [5.41, 5.74) is 0.159. The molecule has 0 aliphatic rings. The quantitative estimate of drug-likeness (QED) is 0.639. The van der Waals surface area contributed by atoms with Crippen LogP contribution in [0.25, 0.3) is 0 Å². The van der Waals surface area contributed by atoms with Crippen molar-refractivity contribution in [3.63, 3.8) is 0 Å². The maximum Gasteiger partial charge on any atom is 0.261 e. The maximum atomic E-state index is 11.7. The molecule has 0 aromatic heterocycles. The lowest BCUT2D eigenvalue weighted by molar-refractivity contribution is 0.0162. The summed E-state index contributed by atoms with van der Waals surface area (Å²) in [4.78, 5) is 0. The summed E-state index contributed by atoms with van der Waals surface area (Å²) in [5.74, 6) is 0. The van der Waals surface area contributed by atoms with Gasteiger partial charge >= 0.3 is 0 Å². The molecule has 15 heavy (non-hydrogen) atoms. The third kappa shape index (κ3) is 13.8. The molecular formula is C11H23F2NO. The Balaban J connectivity index is 3.06. The van der Waals surface area contributed by atoms with Crippen molar-refractivity contribution in [2.24, 2.45) is 0 Å². The molecule has 0 bridgehead atoms. The van der Waals surface area contributed by atoms with Crippen LogP contribution in [0.15, 0.2) is 0 Å². The standard InChI is InChI=1S/C11H23F2NO/c1-11(2,3)14-7-5-4-6-8-15-9-10(12)13/h10,14H,4-9H2,1-3H3. The van der Waals surface area contributed by atoms with Crippen molar-refractivity contribution in [2.45, 2.75) is 52.0 Å². The number of ether oxygens (including phenoxy) is 1. The molecule has 2 nitrogen and oxygen atoms in total. The highest BCUT2D eigenvalue weighted by atomic mass is 19.3. The van der Waals surface area contributed by atoms with Crippen LogP contribution in [0.3, 0.4) is 0 Å². The molecular weight excluding hydrogens is 200 g/mol. The van der Waals surface area contributed by atoms with Crippen LogP contribution in [0, 0.1) is 0 Å². The van der Waals surface area contributed by atoms with Crippen molar-refractivity contribution in [3.8, 4) is 0 Å². The third-order valence-electron chi connectivity index (χ3n) is 1.86. The fraction of sp³-hybridized carbons (Fsp3) is 1.00. The maximum absolute atomic E-state index is 11.7. The molecule has 0 unspecified atom stereocenters. The average Bonchev–Trinajstić information content (AvgIpc) is 2.07. The van der Waals surface area contributed by atoms with Gasteiger partial charge < -0.3 is 10.1 Å². The largest absolute Gasteiger partial charge is 0.376 e. The Bertz CT molecular complexity index is 146. The van der Waals surface area contributed by atoms with E-state index in [9.17, 15) is 8.78 Å². The lowest BCUT2D eigenvalue weighted by atomic mass is 10.1. The lowest BCUT2D eigenvalue weighted by Gasteiger charge is -2.20. The summed E-state index contributed by atoms with van der Waals surface area (Å²) in [5, 5.41) is 3.37. The number of halogens is 2. The molecule has 0 aliphatic heterocycles. The molecule has 0 saturated carbocycles. The van der Waals surface area contributed by atoms with Crippen LogP contribution in [0.5, 0.6) is 0 Å². The van der Waals surface area contributed by atoms with E-state index in [1.165, 1.54) is 0 Å². The van der Waals surface area contributed by atoms with E-state index in [1.54, 1.807) is 0 Å². The summed E-state index contributed by atoms with van der Waals surface area (Å²) in [7, 11) is 0. The number of alkyl halides is 2. The van der Waals surface area contributed by atoms with Gasteiger partial charge in [-0.3, -0.25) is 0 Å². The van der Waals surface area contributed by atoms with Crippen LogP contribution in [0.1, 0.15) is 40.0 Å². The van der Waals surface area contributed by atoms with Crippen molar-refractivity contribution < 1.29 is 13.5 Å². The van der Waals surface area contributed by atoms with E-state index in [2.05, 4.69) is 26.1 Å². The fourth-order valence-electron chi connectivity index (χ4n) is 1.14. The second-order valence-electron chi connectivity index (χ2n) is 4.70. The van der Waals surface area contributed by atoms with Crippen LogP contribution >= 0.6 is 0 Å². The third-order valence-corrected chi connectivity index (χ3v) is 1.86. The number of nitrogens with one attached hydrogen (secondary N) is 1. The smallest absolute Gasteiger partial charge is 0.261 e. The average molecular weight is 223 g/mol. The van der Waals surface area contributed by atoms with Crippen LogP contribution < -0.4 is 5.32 Å². The van der Waals surface area contributed by atoms with Crippen LogP contribution in [-0.2, 0) is 4.74 Å². The summed E-state index contributed by atoms with van der Waals surface area (Å²) in [6, 6.07) is 0. The molecule has 0 aromatic carbocycles. The number of unbranched alkanes of at least 4 members (excludes halogenated alkanes) is 2. The van der Waals surface area contributed by atoms with Gasteiger partial charge in [0.2, 0.25) is 0 Å². The zero-order chi connectivity index (χ0) is 11.7. The normalized spacial score (nSPS) is 12.4.